The lowest BCUT2D eigenvalue weighted by molar-refractivity contribution is 0.496. The molecule has 0 aromatic heterocycles. The van der Waals surface area contributed by atoms with Crippen molar-refractivity contribution in [2.75, 3.05) is 0 Å². The summed E-state index contributed by atoms with van der Waals surface area (Å²) in [5.74, 6) is 0. The van der Waals surface area contributed by atoms with Crippen LogP contribution in [0.5, 0.6) is 0 Å². The zero-order valence-electron chi connectivity index (χ0n) is 6.31. The first-order valence-electron chi connectivity index (χ1n) is 2.98. The minimum atomic E-state index is -0.443. The molecule has 0 radical (unpaired) electrons. The van der Waals surface area contributed by atoms with Gasteiger partial charge in [0.05, 0.1) is 12.6 Å². The van der Waals surface area contributed by atoms with E-state index in [2.05, 4.69) is 17.5 Å². The molecule has 0 fully saturated rings. The lowest BCUT2D eigenvalue weighted by Gasteiger charge is -2.12. The van der Waals surface area contributed by atoms with Crippen molar-refractivity contribution in [3.63, 3.8) is 0 Å². The van der Waals surface area contributed by atoms with Gasteiger partial charge in [-0.1, -0.05) is 6.58 Å². The van der Waals surface area contributed by atoms with Gasteiger partial charge in [0.25, 0.3) is 0 Å². The molecule has 2 nitrogen and oxygen atoms in total. The molecule has 0 N–H and O–H groups in total. The minimum Gasteiger partial charge on any atom is -0.243 e. The van der Waals surface area contributed by atoms with Gasteiger partial charge in [0, 0.05) is 5.41 Å². The van der Waals surface area contributed by atoms with Gasteiger partial charge in [-0.3, -0.25) is 0 Å². The highest BCUT2D eigenvalue weighted by atomic mass is 14.7. The number of nitriles is 1. The van der Waals surface area contributed by atoms with E-state index in [9.17, 15) is 0 Å². The maximum atomic E-state index is 8.54. The lowest BCUT2D eigenvalue weighted by atomic mass is 9.90. The number of allylic oxidation sites excluding steroid dienone is 1. The molecule has 52 valence electrons. The topological polar surface area (TPSA) is 28.1 Å². The Kier molecular flexibility index (Phi) is 2.65. The van der Waals surface area contributed by atoms with Gasteiger partial charge in [0.1, 0.15) is 0 Å². The van der Waals surface area contributed by atoms with E-state index in [4.69, 9.17) is 11.8 Å². The predicted octanol–water partition coefficient (Wildman–Crippen LogP) is 2.36. The quantitative estimate of drug-likeness (QED) is 0.533. The summed E-state index contributed by atoms with van der Waals surface area (Å²) in [5, 5.41) is 8.54. The molecule has 0 saturated heterocycles. The first-order chi connectivity index (χ1) is 4.52. The van der Waals surface area contributed by atoms with E-state index in [1.54, 1.807) is 13.8 Å². The van der Waals surface area contributed by atoms with Gasteiger partial charge in [-0.2, -0.15) is 5.26 Å². The monoisotopic (exact) mass is 134 g/mol. The van der Waals surface area contributed by atoms with Gasteiger partial charge < -0.3 is 0 Å². The molecule has 0 aliphatic heterocycles. The smallest absolute Gasteiger partial charge is 0.160 e. The molecule has 0 spiro atoms. The number of nitrogens with zero attached hydrogens (tertiary/aromatic N) is 2. The second-order valence-electron chi connectivity index (χ2n) is 2.85. The third-order valence-corrected chi connectivity index (χ3v) is 1.11. The summed E-state index contributed by atoms with van der Waals surface area (Å²) in [7, 11) is 0. The third-order valence-electron chi connectivity index (χ3n) is 1.11. The largest absolute Gasteiger partial charge is 0.243 e. The molecule has 10 heavy (non-hydrogen) atoms. The van der Waals surface area contributed by atoms with E-state index in [1.807, 2.05) is 0 Å². The summed E-state index contributed by atoms with van der Waals surface area (Å²) in [4.78, 5) is 3.13. The number of hydrogen-bond donors (Lipinski definition) is 0. The van der Waals surface area contributed by atoms with Crippen LogP contribution in [0.25, 0.3) is 4.85 Å². The molecule has 0 aromatic carbocycles. The molecule has 0 rings (SSSR count). The van der Waals surface area contributed by atoms with Gasteiger partial charge in [-0.15, -0.1) is 0 Å². The average molecular weight is 134 g/mol. The molecule has 0 saturated carbocycles. The zero-order chi connectivity index (χ0) is 8.20. The molecular weight excluding hydrogens is 124 g/mol. The predicted molar refractivity (Wildman–Crippen MR) is 39.8 cm³/mol. The Hall–Kier alpha value is -1.28. The fourth-order valence-corrected chi connectivity index (χ4v) is 0.589. The summed E-state index contributed by atoms with van der Waals surface area (Å²) in [6.45, 7) is 13.7. The van der Waals surface area contributed by atoms with E-state index < -0.39 is 5.41 Å². The summed E-state index contributed by atoms with van der Waals surface area (Å²) < 4.78 is 0. The van der Waals surface area contributed by atoms with Crippen LogP contribution in [0.15, 0.2) is 12.3 Å². The molecule has 0 aromatic rings. The zero-order valence-corrected chi connectivity index (χ0v) is 6.31. The Balaban J connectivity index is 4.08. The maximum absolute atomic E-state index is 8.54. The minimum absolute atomic E-state index is 0.443. The molecule has 0 amide bonds. The Morgan fingerprint density at radius 1 is 1.80 bits per heavy atom. The van der Waals surface area contributed by atoms with Crippen LogP contribution >= 0.6 is 0 Å². The molecule has 0 bridgehead atoms. The molecule has 2 heteroatoms. The van der Waals surface area contributed by atoms with Crippen LogP contribution in [0.4, 0.5) is 0 Å². The van der Waals surface area contributed by atoms with Gasteiger partial charge in [0.2, 0.25) is 0 Å². The van der Waals surface area contributed by atoms with E-state index in [1.165, 1.54) is 0 Å². The number of hydrogen-bond acceptors (Lipinski definition) is 1. The van der Waals surface area contributed by atoms with Crippen molar-refractivity contribution in [1.82, 2.24) is 0 Å². The van der Waals surface area contributed by atoms with Crippen molar-refractivity contribution in [3.8, 4) is 6.07 Å². The molecule has 0 aliphatic rings. The Morgan fingerprint density at radius 3 is 2.60 bits per heavy atom. The summed E-state index contributed by atoms with van der Waals surface area (Å²) in [6.07, 6.45) is 0.465. The van der Waals surface area contributed by atoms with Crippen molar-refractivity contribution in [3.05, 3.63) is 23.7 Å². The second-order valence-corrected chi connectivity index (χ2v) is 2.85. The van der Waals surface area contributed by atoms with Crippen LogP contribution in [0.3, 0.4) is 0 Å². The van der Waals surface area contributed by atoms with Crippen molar-refractivity contribution in [1.29, 1.82) is 5.26 Å². The molecule has 0 unspecified atom stereocenters. The Labute approximate surface area is 61.6 Å². The standard InChI is InChI=1S/C8H10N2/c1-7(10-4)5-8(2,3)6-9/h1,5H2,2-3H3. The van der Waals surface area contributed by atoms with Crippen molar-refractivity contribution >= 4 is 0 Å². The molecule has 0 aliphatic carbocycles. The first-order valence-corrected chi connectivity index (χ1v) is 2.98. The van der Waals surface area contributed by atoms with Gasteiger partial charge in [-0.05, 0) is 20.3 Å². The highest BCUT2D eigenvalue weighted by Gasteiger charge is 2.17. The highest BCUT2D eigenvalue weighted by molar-refractivity contribution is 5.10. The van der Waals surface area contributed by atoms with E-state index in [-0.39, 0.29) is 0 Å². The highest BCUT2D eigenvalue weighted by Crippen LogP contribution is 2.23. The van der Waals surface area contributed by atoms with Crippen LogP contribution in [0.1, 0.15) is 20.3 Å². The average Bonchev–Trinajstić information content (AvgIpc) is 1.87. The van der Waals surface area contributed by atoms with Crippen LogP contribution in [0, 0.1) is 23.3 Å². The van der Waals surface area contributed by atoms with Crippen molar-refractivity contribution in [2.24, 2.45) is 5.41 Å². The first kappa shape index (κ1) is 8.72. The fraction of sp³-hybridized carbons (Fsp3) is 0.500. The normalized spacial score (nSPS) is 9.60. The van der Waals surface area contributed by atoms with E-state index >= 15 is 0 Å². The molecule has 0 atom stereocenters. The Bertz CT molecular complexity index is 212. The molecule has 0 heterocycles. The van der Waals surface area contributed by atoms with E-state index in [0.29, 0.717) is 12.1 Å². The van der Waals surface area contributed by atoms with Gasteiger partial charge >= 0.3 is 0 Å². The summed E-state index contributed by atoms with van der Waals surface area (Å²) >= 11 is 0. The second kappa shape index (κ2) is 3.03. The maximum Gasteiger partial charge on any atom is 0.160 e. The number of rotatable bonds is 2. The van der Waals surface area contributed by atoms with Crippen LogP contribution in [0.2, 0.25) is 0 Å². The van der Waals surface area contributed by atoms with Crippen molar-refractivity contribution in [2.45, 2.75) is 20.3 Å². The van der Waals surface area contributed by atoms with E-state index in [0.717, 1.165) is 0 Å². The van der Waals surface area contributed by atoms with Crippen LogP contribution < -0.4 is 0 Å². The lowest BCUT2D eigenvalue weighted by Crippen LogP contribution is -2.07. The summed E-state index contributed by atoms with van der Waals surface area (Å²) in [6, 6.07) is 2.10. The van der Waals surface area contributed by atoms with Gasteiger partial charge in [-0.25, -0.2) is 4.85 Å². The SMILES string of the molecule is [C-]#[N+]C(=C)CC(C)(C)C#N. The Morgan fingerprint density at radius 2 is 2.30 bits per heavy atom. The third kappa shape index (κ3) is 2.89. The summed E-state index contributed by atoms with van der Waals surface area (Å²) in [5.41, 5.74) is 0.00769. The fourth-order valence-electron chi connectivity index (χ4n) is 0.589. The van der Waals surface area contributed by atoms with Crippen molar-refractivity contribution < 1.29 is 0 Å². The molecular formula is C8H10N2. The van der Waals surface area contributed by atoms with Crippen LogP contribution in [-0.2, 0) is 0 Å². The van der Waals surface area contributed by atoms with Gasteiger partial charge in [0.15, 0.2) is 5.70 Å². The van der Waals surface area contributed by atoms with Crippen LogP contribution in [-0.4, -0.2) is 0 Å².